The average molecular weight is 545 g/mol. The first-order valence-corrected chi connectivity index (χ1v) is 14.0. The molecule has 0 spiro atoms. The molecular formula is C29H35Cl2N3O3. The van der Waals surface area contributed by atoms with E-state index in [1.165, 1.54) is 0 Å². The number of likely N-dealkylation sites (tertiary alicyclic amines) is 2. The number of carbonyl (C=O) groups is 2. The fourth-order valence-corrected chi connectivity index (χ4v) is 6.34. The van der Waals surface area contributed by atoms with E-state index in [4.69, 9.17) is 23.2 Å². The topological polar surface area (TPSA) is 72.9 Å². The van der Waals surface area contributed by atoms with Crippen molar-refractivity contribution in [2.45, 2.75) is 69.9 Å². The van der Waals surface area contributed by atoms with Gasteiger partial charge in [0.15, 0.2) is 0 Å². The molecule has 0 aromatic heterocycles. The minimum atomic E-state index is -0.424. The highest BCUT2D eigenvalue weighted by molar-refractivity contribution is 6.42. The predicted octanol–water partition coefficient (Wildman–Crippen LogP) is 5.23. The van der Waals surface area contributed by atoms with Crippen LogP contribution in [0.25, 0.3) is 0 Å². The van der Waals surface area contributed by atoms with Gasteiger partial charge in [-0.2, -0.15) is 0 Å². The number of phenols is 1. The molecule has 2 aliphatic heterocycles. The third-order valence-electron chi connectivity index (χ3n) is 8.52. The van der Waals surface area contributed by atoms with E-state index >= 15 is 0 Å². The predicted molar refractivity (Wildman–Crippen MR) is 147 cm³/mol. The van der Waals surface area contributed by atoms with Crippen LogP contribution in [0.3, 0.4) is 0 Å². The smallest absolute Gasteiger partial charge is 0.251 e. The molecule has 0 atom stereocenters. The number of benzene rings is 2. The summed E-state index contributed by atoms with van der Waals surface area (Å²) < 4.78 is 0. The Morgan fingerprint density at radius 3 is 2.11 bits per heavy atom. The van der Waals surface area contributed by atoms with Gasteiger partial charge in [-0.1, -0.05) is 29.3 Å². The van der Waals surface area contributed by atoms with Gasteiger partial charge in [0.2, 0.25) is 5.91 Å². The molecular weight excluding hydrogens is 509 g/mol. The van der Waals surface area contributed by atoms with Crippen LogP contribution in [0, 0.1) is 13.8 Å². The lowest BCUT2D eigenvalue weighted by Gasteiger charge is -2.42. The zero-order chi connectivity index (χ0) is 26.3. The molecule has 0 bridgehead atoms. The van der Waals surface area contributed by atoms with Gasteiger partial charge >= 0.3 is 0 Å². The molecule has 2 saturated heterocycles. The van der Waals surface area contributed by atoms with Crippen LogP contribution in [-0.2, 0) is 10.2 Å². The van der Waals surface area contributed by atoms with Gasteiger partial charge in [0.05, 0.1) is 15.5 Å². The Labute approximate surface area is 228 Å². The standard InChI is InChI=1S/C29H35Cl2N3O3/c1-18-15-20(16-19(2)26(18)35)27(36)32-22-5-11-33(12-6-22)23-7-13-34(14-8-23)28(37)29(9-10-29)21-3-4-24(30)25(31)17-21/h3-4,15-17,22-23,35H,5-14H2,1-2H3,(H,32,36). The van der Waals surface area contributed by atoms with Gasteiger partial charge in [-0.05, 0) is 93.3 Å². The van der Waals surface area contributed by atoms with Crippen LogP contribution in [0.2, 0.25) is 10.0 Å². The number of hydrogen-bond acceptors (Lipinski definition) is 4. The van der Waals surface area contributed by atoms with Crippen LogP contribution in [0.4, 0.5) is 0 Å². The van der Waals surface area contributed by atoms with E-state index in [9.17, 15) is 14.7 Å². The second-order valence-electron chi connectivity index (χ2n) is 11.0. The second kappa shape index (κ2) is 10.5. The maximum Gasteiger partial charge on any atom is 0.251 e. The van der Waals surface area contributed by atoms with Crippen molar-refractivity contribution in [3.63, 3.8) is 0 Å². The number of aryl methyl sites for hydroxylation is 2. The van der Waals surface area contributed by atoms with Crippen molar-refractivity contribution in [3.8, 4) is 5.75 Å². The van der Waals surface area contributed by atoms with Gasteiger partial charge in [0.25, 0.3) is 5.91 Å². The molecule has 2 N–H and O–H groups in total. The van der Waals surface area contributed by atoms with Crippen molar-refractivity contribution in [1.82, 2.24) is 15.1 Å². The molecule has 8 heteroatoms. The summed E-state index contributed by atoms with van der Waals surface area (Å²) in [5.74, 6) is 0.400. The minimum Gasteiger partial charge on any atom is -0.507 e. The SMILES string of the molecule is Cc1cc(C(=O)NC2CCN(C3CCN(C(=O)C4(c5ccc(Cl)c(Cl)c5)CC4)CC3)CC2)cc(C)c1O. The Kier molecular flexibility index (Phi) is 7.45. The first kappa shape index (κ1) is 26.3. The van der Waals surface area contributed by atoms with Gasteiger partial charge in [-0.15, -0.1) is 0 Å². The van der Waals surface area contributed by atoms with E-state index in [1.54, 1.807) is 18.2 Å². The fourth-order valence-electron chi connectivity index (χ4n) is 6.05. The lowest BCUT2D eigenvalue weighted by atomic mass is 9.92. The molecule has 3 fully saturated rings. The molecule has 5 rings (SSSR count). The Bertz CT molecular complexity index is 1170. The highest BCUT2D eigenvalue weighted by atomic mass is 35.5. The van der Waals surface area contributed by atoms with Crippen molar-refractivity contribution in [1.29, 1.82) is 0 Å². The van der Waals surface area contributed by atoms with Crippen LogP contribution < -0.4 is 5.32 Å². The van der Waals surface area contributed by atoms with E-state index in [0.717, 1.165) is 81.4 Å². The molecule has 1 saturated carbocycles. The summed E-state index contributed by atoms with van der Waals surface area (Å²) in [7, 11) is 0. The number of amides is 2. The Balaban J connectivity index is 1.10. The van der Waals surface area contributed by atoms with Crippen molar-refractivity contribution < 1.29 is 14.7 Å². The molecule has 0 unspecified atom stereocenters. The molecule has 198 valence electrons. The van der Waals surface area contributed by atoms with Crippen molar-refractivity contribution in [2.75, 3.05) is 26.2 Å². The van der Waals surface area contributed by atoms with Crippen LogP contribution >= 0.6 is 23.2 Å². The van der Waals surface area contributed by atoms with E-state index < -0.39 is 5.41 Å². The minimum absolute atomic E-state index is 0.0764. The quantitative estimate of drug-likeness (QED) is 0.541. The molecule has 0 radical (unpaired) electrons. The lowest BCUT2D eigenvalue weighted by Crippen LogP contribution is -2.52. The van der Waals surface area contributed by atoms with Crippen molar-refractivity contribution in [2.24, 2.45) is 0 Å². The first-order chi connectivity index (χ1) is 17.7. The number of hydrogen-bond donors (Lipinski definition) is 2. The molecule has 2 aromatic rings. The summed E-state index contributed by atoms with van der Waals surface area (Å²) in [6.07, 6.45) is 5.53. The largest absolute Gasteiger partial charge is 0.507 e. The molecule has 2 aromatic carbocycles. The lowest BCUT2D eigenvalue weighted by molar-refractivity contribution is -0.135. The molecule has 3 aliphatic rings. The number of nitrogens with one attached hydrogen (secondary N) is 1. The molecule has 2 heterocycles. The summed E-state index contributed by atoms with van der Waals surface area (Å²) in [5.41, 5.74) is 2.59. The Hall–Kier alpha value is -2.28. The summed E-state index contributed by atoms with van der Waals surface area (Å²) >= 11 is 12.3. The van der Waals surface area contributed by atoms with E-state index in [-0.39, 0.29) is 23.6 Å². The van der Waals surface area contributed by atoms with Crippen LogP contribution in [-0.4, -0.2) is 65.0 Å². The van der Waals surface area contributed by atoms with Gasteiger partial charge in [-0.25, -0.2) is 0 Å². The number of nitrogens with zero attached hydrogens (tertiary/aromatic N) is 2. The summed E-state index contributed by atoms with van der Waals surface area (Å²) in [5, 5.41) is 14.2. The number of carbonyl (C=O) groups excluding carboxylic acids is 2. The number of rotatable bonds is 5. The second-order valence-corrected chi connectivity index (χ2v) is 11.8. The molecule has 2 amide bonds. The average Bonchev–Trinajstić information content (AvgIpc) is 3.71. The first-order valence-electron chi connectivity index (χ1n) is 13.3. The maximum absolute atomic E-state index is 13.5. The van der Waals surface area contributed by atoms with Crippen molar-refractivity contribution in [3.05, 3.63) is 62.6 Å². The van der Waals surface area contributed by atoms with Crippen LogP contribution in [0.1, 0.15) is 65.6 Å². The Morgan fingerprint density at radius 2 is 1.54 bits per heavy atom. The van der Waals surface area contributed by atoms with E-state index in [0.29, 0.717) is 21.7 Å². The summed E-state index contributed by atoms with van der Waals surface area (Å²) in [6, 6.07) is 9.71. The summed E-state index contributed by atoms with van der Waals surface area (Å²) in [6.45, 7) is 7.09. The van der Waals surface area contributed by atoms with Crippen molar-refractivity contribution >= 4 is 35.0 Å². The Morgan fingerprint density at radius 1 is 0.919 bits per heavy atom. The monoisotopic (exact) mass is 543 g/mol. The third kappa shape index (κ3) is 5.34. The van der Waals surface area contributed by atoms with Gasteiger partial charge in [-0.3, -0.25) is 9.59 Å². The zero-order valence-electron chi connectivity index (χ0n) is 21.5. The number of aromatic hydroxyl groups is 1. The summed E-state index contributed by atoms with van der Waals surface area (Å²) in [4.78, 5) is 30.8. The maximum atomic E-state index is 13.5. The molecule has 1 aliphatic carbocycles. The highest BCUT2D eigenvalue weighted by Crippen LogP contribution is 2.51. The fraction of sp³-hybridized carbons (Fsp3) is 0.517. The normalized spacial score (nSPS) is 20.6. The van der Waals surface area contributed by atoms with Gasteiger partial charge < -0.3 is 20.2 Å². The highest BCUT2D eigenvalue weighted by Gasteiger charge is 2.53. The molecule has 6 nitrogen and oxygen atoms in total. The van der Waals surface area contributed by atoms with Crippen LogP contribution in [0.5, 0.6) is 5.75 Å². The zero-order valence-corrected chi connectivity index (χ0v) is 23.0. The third-order valence-corrected chi connectivity index (χ3v) is 9.26. The molecule has 37 heavy (non-hydrogen) atoms. The van der Waals surface area contributed by atoms with E-state index in [1.807, 2.05) is 30.9 Å². The van der Waals surface area contributed by atoms with Crippen LogP contribution in [0.15, 0.2) is 30.3 Å². The van der Waals surface area contributed by atoms with Gasteiger partial charge in [0.1, 0.15) is 5.75 Å². The number of phenolic OH excluding ortho intramolecular Hbond substituents is 1. The van der Waals surface area contributed by atoms with E-state index in [2.05, 4.69) is 10.2 Å². The number of halogens is 2. The van der Waals surface area contributed by atoms with Gasteiger partial charge in [0, 0.05) is 43.8 Å². The number of piperidine rings is 2.